The first kappa shape index (κ1) is 17.4. The number of anilines is 1. The third-order valence-electron chi connectivity index (χ3n) is 2.90. The number of esters is 1. The smallest absolute Gasteiger partial charge is 0.307 e. The lowest BCUT2D eigenvalue weighted by Crippen LogP contribution is -2.29. The molecule has 0 saturated carbocycles. The van der Waals surface area contributed by atoms with Crippen LogP contribution in [-0.2, 0) is 19.6 Å². The molecule has 0 aliphatic carbocycles. The van der Waals surface area contributed by atoms with Crippen molar-refractivity contribution >= 4 is 21.7 Å². The molecule has 1 aromatic carbocycles. The van der Waals surface area contributed by atoms with Crippen LogP contribution in [0.2, 0.25) is 0 Å². The van der Waals surface area contributed by atoms with Crippen molar-refractivity contribution < 1.29 is 22.3 Å². The highest BCUT2D eigenvalue weighted by atomic mass is 32.2. The van der Waals surface area contributed by atoms with Crippen LogP contribution in [0.25, 0.3) is 0 Å². The van der Waals surface area contributed by atoms with E-state index in [1.165, 1.54) is 20.0 Å². The molecule has 0 fully saturated rings. The summed E-state index contributed by atoms with van der Waals surface area (Å²) in [5.41, 5.74) is 5.36. The van der Waals surface area contributed by atoms with E-state index in [2.05, 4.69) is 0 Å². The molecule has 8 heteroatoms. The minimum absolute atomic E-state index is 0.0303. The molecule has 0 aliphatic rings. The Balaban J connectivity index is 2.92. The minimum Gasteiger partial charge on any atom is -0.466 e. The van der Waals surface area contributed by atoms with Gasteiger partial charge in [0.25, 0.3) is 0 Å². The van der Waals surface area contributed by atoms with E-state index in [1.54, 1.807) is 6.92 Å². The average molecular weight is 318 g/mol. The van der Waals surface area contributed by atoms with Gasteiger partial charge in [0.05, 0.1) is 23.6 Å². The van der Waals surface area contributed by atoms with Crippen LogP contribution in [0, 0.1) is 12.7 Å². The summed E-state index contributed by atoms with van der Waals surface area (Å²) in [5, 5.41) is 0. The van der Waals surface area contributed by atoms with E-state index in [4.69, 9.17) is 10.5 Å². The van der Waals surface area contributed by atoms with Gasteiger partial charge in [0.2, 0.25) is 10.0 Å². The number of benzene rings is 1. The van der Waals surface area contributed by atoms with Crippen molar-refractivity contribution in [2.24, 2.45) is 0 Å². The molecule has 0 aliphatic heterocycles. The van der Waals surface area contributed by atoms with E-state index in [1.807, 2.05) is 0 Å². The van der Waals surface area contributed by atoms with Crippen molar-refractivity contribution in [3.63, 3.8) is 0 Å². The number of aryl methyl sites for hydroxylation is 1. The molecule has 0 saturated heterocycles. The molecular formula is C13H19FN2O4S. The fraction of sp³-hybridized carbons (Fsp3) is 0.462. The van der Waals surface area contributed by atoms with Gasteiger partial charge in [-0.15, -0.1) is 0 Å². The Kier molecular flexibility index (Phi) is 5.68. The van der Waals surface area contributed by atoms with Crippen molar-refractivity contribution in [3.05, 3.63) is 23.5 Å². The molecule has 1 aromatic rings. The molecule has 21 heavy (non-hydrogen) atoms. The zero-order chi connectivity index (χ0) is 16.2. The molecule has 0 amide bonds. The standard InChI is InChI=1S/C13H19FN2O4S/c1-4-20-12(17)5-6-16(3)21(18,19)10-7-9(2)13(14)11(15)8-10/h7-8H,4-6,15H2,1-3H3. The Morgan fingerprint density at radius 2 is 2.05 bits per heavy atom. The molecule has 0 heterocycles. The van der Waals surface area contributed by atoms with Gasteiger partial charge in [-0.2, -0.15) is 0 Å². The SMILES string of the molecule is CCOC(=O)CCN(C)S(=O)(=O)c1cc(C)c(F)c(N)c1. The number of hydrogen-bond donors (Lipinski definition) is 1. The molecule has 6 nitrogen and oxygen atoms in total. The number of nitrogens with two attached hydrogens (primary N) is 1. The molecule has 1 rings (SSSR count). The van der Waals surface area contributed by atoms with Crippen LogP contribution in [0.3, 0.4) is 0 Å². The van der Waals surface area contributed by atoms with Crippen LogP contribution in [0.1, 0.15) is 18.9 Å². The number of sulfonamides is 1. The van der Waals surface area contributed by atoms with Crippen LogP contribution in [-0.4, -0.2) is 38.9 Å². The fourth-order valence-electron chi connectivity index (χ4n) is 1.69. The minimum atomic E-state index is -3.83. The second kappa shape index (κ2) is 6.86. The summed E-state index contributed by atoms with van der Waals surface area (Å²) in [7, 11) is -2.50. The number of rotatable bonds is 6. The summed E-state index contributed by atoms with van der Waals surface area (Å²) >= 11 is 0. The maximum atomic E-state index is 13.4. The highest BCUT2D eigenvalue weighted by Gasteiger charge is 2.23. The average Bonchev–Trinajstić information content (AvgIpc) is 2.41. The van der Waals surface area contributed by atoms with Crippen LogP contribution in [0.5, 0.6) is 0 Å². The molecule has 118 valence electrons. The predicted molar refractivity (Wildman–Crippen MR) is 76.6 cm³/mol. The predicted octanol–water partition coefficient (Wildman–Crippen LogP) is 1.29. The van der Waals surface area contributed by atoms with Gasteiger partial charge in [-0.25, -0.2) is 17.1 Å². The summed E-state index contributed by atoms with van der Waals surface area (Å²) in [6.45, 7) is 3.31. The number of carbonyl (C=O) groups is 1. The number of nitrogen functional groups attached to an aromatic ring is 1. The van der Waals surface area contributed by atoms with E-state index in [0.29, 0.717) is 0 Å². The van der Waals surface area contributed by atoms with Crippen LogP contribution in [0.4, 0.5) is 10.1 Å². The Morgan fingerprint density at radius 3 is 2.57 bits per heavy atom. The highest BCUT2D eigenvalue weighted by molar-refractivity contribution is 7.89. The fourth-order valence-corrected chi connectivity index (χ4v) is 2.99. The van der Waals surface area contributed by atoms with Crippen molar-refractivity contribution in [3.8, 4) is 0 Å². The van der Waals surface area contributed by atoms with Gasteiger partial charge >= 0.3 is 5.97 Å². The Morgan fingerprint density at radius 1 is 1.43 bits per heavy atom. The van der Waals surface area contributed by atoms with Crippen molar-refractivity contribution in [1.29, 1.82) is 0 Å². The maximum absolute atomic E-state index is 13.4. The molecule has 0 atom stereocenters. The van der Waals surface area contributed by atoms with E-state index in [-0.39, 0.29) is 35.7 Å². The van der Waals surface area contributed by atoms with E-state index in [9.17, 15) is 17.6 Å². The highest BCUT2D eigenvalue weighted by Crippen LogP contribution is 2.23. The monoisotopic (exact) mass is 318 g/mol. The van der Waals surface area contributed by atoms with Gasteiger partial charge in [0.1, 0.15) is 5.82 Å². The van der Waals surface area contributed by atoms with Gasteiger partial charge < -0.3 is 10.5 Å². The largest absolute Gasteiger partial charge is 0.466 e. The third-order valence-corrected chi connectivity index (χ3v) is 4.74. The van der Waals surface area contributed by atoms with Crippen molar-refractivity contribution in [2.45, 2.75) is 25.2 Å². The first-order valence-electron chi connectivity index (χ1n) is 6.37. The summed E-state index contributed by atoms with van der Waals surface area (Å²) < 4.78 is 43.8. The van der Waals surface area contributed by atoms with Crippen LogP contribution in [0.15, 0.2) is 17.0 Å². The molecule has 0 unspecified atom stereocenters. The van der Waals surface area contributed by atoms with Crippen LogP contribution >= 0.6 is 0 Å². The Labute approximate surface area is 123 Å². The molecule has 0 radical (unpaired) electrons. The molecule has 0 aromatic heterocycles. The second-order valence-electron chi connectivity index (χ2n) is 4.52. The van der Waals surface area contributed by atoms with Crippen molar-refractivity contribution in [1.82, 2.24) is 4.31 Å². The van der Waals surface area contributed by atoms with E-state index < -0.39 is 21.8 Å². The molecule has 0 bridgehead atoms. The summed E-state index contributed by atoms with van der Waals surface area (Å²) in [4.78, 5) is 11.1. The van der Waals surface area contributed by atoms with Gasteiger partial charge in [0.15, 0.2) is 0 Å². The number of ether oxygens (including phenoxy) is 1. The second-order valence-corrected chi connectivity index (χ2v) is 6.57. The number of halogens is 1. The lowest BCUT2D eigenvalue weighted by Gasteiger charge is -2.17. The normalized spacial score (nSPS) is 11.7. The van der Waals surface area contributed by atoms with Gasteiger partial charge in [-0.3, -0.25) is 4.79 Å². The maximum Gasteiger partial charge on any atom is 0.307 e. The first-order valence-corrected chi connectivity index (χ1v) is 7.81. The topological polar surface area (TPSA) is 89.7 Å². The lowest BCUT2D eigenvalue weighted by atomic mass is 10.2. The zero-order valence-electron chi connectivity index (χ0n) is 12.2. The van der Waals surface area contributed by atoms with Gasteiger partial charge in [-0.05, 0) is 31.5 Å². The Hall–Kier alpha value is -1.67. The number of carbonyl (C=O) groups excluding carboxylic acids is 1. The lowest BCUT2D eigenvalue weighted by molar-refractivity contribution is -0.143. The van der Waals surface area contributed by atoms with Gasteiger partial charge in [-0.1, -0.05) is 0 Å². The number of nitrogens with zero attached hydrogens (tertiary/aromatic N) is 1. The molecule has 0 spiro atoms. The van der Waals surface area contributed by atoms with Gasteiger partial charge in [0, 0.05) is 13.6 Å². The third kappa shape index (κ3) is 4.15. The van der Waals surface area contributed by atoms with Crippen LogP contribution < -0.4 is 5.73 Å². The molecular weight excluding hydrogens is 299 g/mol. The van der Waals surface area contributed by atoms with E-state index in [0.717, 1.165) is 10.4 Å². The molecule has 2 N–H and O–H groups in total. The first-order chi connectivity index (χ1) is 9.70. The summed E-state index contributed by atoms with van der Waals surface area (Å²) in [6, 6.07) is 2.28. The van der Waals surface area contributed by atoms with Crippen molar-refractivity contribution in [2.75, 3.05) is 25.9 Å². The summed E-state index contributed by atoms with van der Waals surface area (Å²) in [5.74, 6) is -1.11. The number of hydrogen-bond acceptors (Lipinski definition) is 5. The van der Waals surface area contributed by atoms with E-state index >= 15 is 0 Å². The zero-order valence-corrected chi connectivity index (χ0v) is 13.0. The summed E-state index contributed by atoms with van der Waals surface area (Å²) in [6.07, 6.45) is -0.0563. The quantitative estimate of drug-likeness (QED) is 0.630. The Bertz CT molecular complexity index is 608.